The number of hydrogen-bond donors (Lipinski definition) is 2. The van der Waals surface area contributed by atoms with Crippen molar-refractivity contribution in [3.8, 4) is 0 Å². The van der Waals surface area contributed by atoms with Gasteiger partial charge < -0.3 is 11.1 Å². The van der Waals surface area contributed by atoms with E-state index in [9.17, 15) is 13.6 Å². The number of rotatable bonds is 3. The Labute approximate surface area is 120 Å². The van der Waals surface area contributed by atoms with Crippen LogP contribution in [-0.2, 0) is 5.54 Å². The number of benzene rings is 2. The van der Waals surface area contributed by atoms with Gasteiger partial charge in [-0.15, -0.1) is 0 Å². The summed E-state index contributed by atoms with van der Waals surface area (Å²) in [5.74, 6) is -1.49. The molecule has 1 saturated carbocycles. The van der Waals surface area contributed by atoms with Crippen LogP contribution in [0.25, 0.3) is 0 Å². The molecule has 0 radical (unpaired) electrons. The van der Waals surface area contributed by atoms with E-state index in [1.807, 2.05) is 0 Å². The highest BCUT2D eigenvalue weighted by atomic mass is 19.1. The van der Waals surface area contributed by atoms with Gasteiger partial charge in [0, 0.05) is 5.56 Å². The minimum Gasteiger partial charge on any atom is -0.396 e. The molecule has 0 unspecified atom stereocenters. The van der Waals surface area contributed by atoms with Crippen LogP contribution in [0, 0.1) is 11.6 Å². The van der Waals surface area contributed by atoms with Gasteiger partial charge in [-0.05, 0) is 31.0 Å². The minimum absolute atomic E-state index is 0.0672. The van der Waals surface area contributed by atoms with Crippen LogP contribution in [0.2, 0.25) is 0 Å². The lowest BCUT2D eigenvalue weighted by molar-refractivity contribution is 0.0930. The van der Waals surface area contributed by atoms with Crippen LogP contribution in [0.1, 0.15) is 28.8 Å². The number of para-hydroxylation sites is 1. The second-order valence-electron chi connectivity index (χ2n) is 5.22. The summed E-state index contributed by atoms with van der Waals surface area (Å²) in [6, 6.07) is 10.4. The van der Waals surface area contributed by atoms with Crippen LogP contribution in [0.5, 0.6) is 0 Å². The Morgan fingerprint density at radius 2 is 1.71 bits per heavy atom. The molecule has 0 bridgehead atoms. The molecule has 2 aromatic carbocycles. The van der Waals surface area contributed by atoms with Crippen molar-refractivity contribution in [2.75, 3.05) is 5.73 Å². The van der Waals surface area contributed by atoms with Crippen LogP contribution in [0.4, 0.5) is 14.5 Å². The first-order valence-corrected chi connectivity index (χ1v) is 6.65. The molecule has 3 rings (SSSR count). The third-order valence-electron chi connectivity index (χ3n) is 3.79. The van der Waals surface area contributed by atoms with Gasteiger partial charge in [-0.2, -0.15) is 0 Å². The van der Waals surface area contributed by atoms with Crippen molar-refractivity contribution in [3.05, 3.63) is 65.2 Å². The average molecular weight is 288 g/mol. The number of nitrogens with two attached hydrogens (primary N) is 1. The molecule has 1 aliphatic carbocycles. The zero-order chi connectivity index (χ0) is 15.0. The SMILES string of the molecule is Nc1c(F)cccc1C(=O)NC1(c2ccccc2F)CC1. The molecule has 21 heavy (non-hydrogen) atoms. The summed E-state index contributed by atoms with van der Waals surface area (Å²) in [4.78, 5) is 12.3. The first-order chi connectivity index (χ1) is 10.0. The van der Waals surface area contributed by atoms with Gasteiger partial charge >= 0.3 is 0 Å². The first-order valence-electron chi connectivity index (χ1n) is 6.65. The summed E-state index contributed by atoms with van der Waals surface area (Å²) >= 11 is 0. The van der Waals surface area contributed by atoms with Crippen molar-refractivity contribution < 1.29 is 13.6 Å². The predicted octanol–water partition coefficient (Wildman–Crippen LogP) is 2.97. The number of anilines is 1. The maximum Gasteiger partial charge on any atom is 0.254 e. The second-order valence-corrected chi connectivity index (χ2v) is 5.22. The first kappa shape index (κ1) is 13.5. The van der Waals surface area contributed by atoms with E-state index in [2.05, 4.69) is 5.32 Å². The van der Waals surface area contributed by atoms with Gasteiger partial charge in [-0.25, -0.2) is 8.78 Å². The van der Waals surface area contributed by atoms with E-state index in [1.54, 1.807) is 18.2 Å². The topological polar surface area (TPSA) is 55.1 Å². The molecule has 0 atom stereocenters. The maximum atomic E-state index is 13.9. The molecule has 0 aliphatic heterocycles. The second kappa shape index (κ2) is 4.84. The molecule has 0 aromatic heterocycles. The highest BCUT2D eigenvalue weighted by Gasteiger charge is 2.47. The third-order valence-corrected chi connectivity index (χ3v) is 3.79. The van der Waals surface area contributed by atoms with Crippen molar-refractivity contribution in [2.24, 2.45) is 0 Å². The molecule has 1 fully saturated rings. The Balaban J connectivity index is 1.88. The third kappa shape index (κ3) is 2.35. The minimum atomic E-state index is -0.707. The molecule has 0 heterocycles. The highest BCUT2D eigenvalue weighted by Crippen LogP contribution is 2.46. The number of carbonyl (C=O) groups excluding carboxylic acids is 1. The van der Waals surface area contributed by atoms with Crippen molar-refractivity contribution in [1.29, 1.82) is 0 Å². The van der Waals surface area contributed by atoms with Gasteiger partial charge in [0.05, 0.1) is 16.8 Å². The fraction of sp³-hybridized carbons (Fsp3) is 0.188. The van der Waals surface area contributed by atoms with E-state index in [1.165, 1.54) is 24.3 Å². The number of carbonyl (C=O) groups is 1. The molecule has 3 nitrogen and oxygen atoms in total. The van der Waals surface area contributed by atoms with E-state index < -0.39 is 17.3 Å². The molecule has 1 aliphatic rings. The summed E-state index contributed by atoms with van der Waals surface area (Å²) < 4.78 is 27.3. The van der Waals surface area contributed by atoms with Crippen molar-refractivity contribution in [3.63, 3.8) is 0 Å². The molecule has 1 amide bonds. The standard InChI is InChI=1S/C16H14F2N2O/c17-12-6-2-1-5-11(12)16(8-9-16)20-15(21)10-4-3-7-13(18)14(10)19/h1-7H,8-9,19H2,(H,20,21). The van der Waals surface area contributed by atoms with E-state index >= 15 is 0 Å². The quantitative estimate of drug-likeness (QED) is 0.853. The van der Waals surface area contributed by atoms with E-state index in [4.69, 9.17) is 5.73 Å². The Bertz CT molecular complexity index is 711. The molecular weight excluding hydrogens is 274 g/mol. The zero-order valence-electron chi connectivity index (χ0n) is 11.2. The van der Waals surface area contributed by atoms with E-state index in [0.717, 1.165) is 0 Å². The lowest BCUT2D eigenvalue weighted by atomic mass is 10.0. The number of hydrogen-bond acceptors (Lipinski definition) is 2. The highest BCUT2D eigenvalue weighted by molar-refractivity contribution is 5.99. The van der Waals surface area contributed by atoms with Crippen LogP contribution in [-0.4, -0.2) is 5.91 Å². The number of nitrogens with one attached hydrogen (secondary N) is 1. The largest absolute Gasteiger partial charge is 0.396 e. The normalized spacial score (nSPS) is 15.5. The number of halogens is 2. The van der Waals surface area contributed by atoms with Crippen LogP contribution >= 0.6 is 0 Å². The lowest BCUT2D eigenvalue weighted by Crippen LogP contribution is -2.36. The molecular formula is C16H14F2N2O. The molecule has 0 spiro atoms. The predicted molar refractivity (Wildman–Crippen MR) is 75.6 cm³/mol. The Hall–Kier alpha value is -2.43. The molecule has 5 heteroatoms. The molecule has 2 aromatic rings. The zero-order valence-corrected chi connectivity index (χ0v) is 11.2. The van der Waals surface area contributed by atoms with Crippen molar-refractivity contribution >= 4 is 11.6 Å². The van der Waals surface area contributed by atoms with Crippen LogP contribution < -0.4 is 11.1 Å². The summed E-state index contributed by atoms with van der Waals surface area (Å²) in [6.45, 7) is 0. The van der Waals surface area contributed by atoms with Gasteiger partial charge in [0.15, 0.2) is 0 Å². The summed E-state index contributed by atoms with van der Waals surface area (Å²) in [6.07, 6.45) is 1.30. The van der Waals surface area contributed by atoms with Crippen LogP contribution in [0.15, 0.2) is 42.5 Å². The Morgan fingerprint density at radius 3 is 2.38 bits per heavy atom. The monoisotopic (exact) mass is 288 g/mol. The van der Waals surface area contributed by atoms with Crippen LogP contribution in [0.3, 0.4) is 0 Å². The fourth-order valence-corrected chi connectivity index (χ4v) is 2.46. The maximum absolute atomic E-state index is 13.9. The van der Waals surface area contributed by atoms with Crippen molar-refractivity contribution in [2.45, 2.75) is 18.4 Å². The molecule has 0 saturated heterocycles. The summed E-state index contributed by atoms with van der Waals surface area (Å²) in [7, 11) is 0. The summed E-state index contributed by atoms with van der Waals surface area (Å²) in [5.41, 5.74) is 5.20. The lowest BCUT2D eigenvalue weighted by Gasteiger charge is -2.19. The van der Waals surface area contributed by atoms with Gasteiger partial charge in [0.1, 0.15) is 11.6 Å². The van der Waals surface area contributed by atoms with Gasteiger partial charge in [-0.1, -0.05) is 24.3 Å². The fourth-order valence-electron chi connectivity index (χ4n) is 2.46. The van der Waals surface area contributed by atoms with Crippen molar-refractivity contribution in [1.82, 2.24) is 5.32 Å². The van der Waals surface area contributed by atoms with E-state index in [-0.39, 0.29) is 17.1 Å². The summed E-state index contributed by atoms with van der Waals surface area (Å²) in [5, 5.41) is 2.78. The Kier molecular flexibility index (Phi) is 3.12. The molecule has 3 N–H and O–H groups in total. The van der Waals surface area contributed by atoms with Gasteiger partial charge in [0.25, 0.3) is 5.91 Å². The number of nitrogen functional groups attached to an aromatic ring is 1. The Morgan fingerprint density at radius 1 is 1.05 bits per heavy atom. The van der Waals surface area contributed by atoms with E-state index in [0.29, 0.717) is 18.4 Å². The average Bonchev–Trinajstić information content (AvgIpc) is 3.22. The van der Waals surface area contributed by atoms with Gasteiger partial charge in [0.2, 0.25) is 0 Å². The number of amides is 1. The molecule has 108 valence electrons. The van der Waals surface area contributed by atoms with Gasteiger partial charge in [-0.3, -0.25) is 4.79 Å². The smallest absolute Gasteiger partial charge is 0.254 e.